The molecule has 1 heterocycles. The van der Waals surface area contributed by atoms with Gasteiger partial charge in [0, 0.05) is 23.8 Å². The number of para-hydroxylation sites is 1. The number of aryl methyl sites for hydroxylation is 2. The highest BCUT2D eigenvalue weighted by Crippen LogP contribution is 2.26. The van der Waals surface area contributed by atoms with Gasteiger partial charge in [0.25, 0.3) is 0 Å². The van der Waals surface area contributed by atoms with E-state index in [1.54, 1.807) is 11.3 Å². The first-order valence-corrected chi connectivity index (χ1v) is 8.04. The van der Waals surface area contributed by atoms with Gasteiger partial charge in [0.1, 0.15) is 12.4 Å². The molecule has 0 aliphatic heterocycles. The average Bonchev–Trinajstić information content (AvgIpc) is 2.80. The molecule has 21 heavy (non-hydrogen) atoms. The van der Waals surface area contributed by atoms with E-state index in [1.165, 1.54) is 11.1 Å². The van der Waals surface area contributed by atoms with Crippen LogP contribution in [-0.2, 0) is 13.2 Å². The van der Waals surface area contributed by atoms with Gasteiger partial charge in [-0.25, -0.2) is 4.98 Å². The zero-order chi connectivity index (χ0) is 15.5. The van der Waals surface area contributed by atoms with Crippen molar-refractivity contribution in [2.75, 3.05) is 0 Å². The largest absolute Gasteiger partial charge is 0.487 e. The minimum atomic E-state index is 0.0931. The van der Waals surface area contributed by atoms with Gasteiger partial charge in [0.05, 0.1) is 9.88 Å². The summed E-state index contributed by atoms with van der Waals surface area (Å²) in [6, 6.07) is 6.30. The number of thiazole rings is 1. The van der Waals surface area contributed by atoms with Crippen LogP contribution in [-0.4, -0.2) is 10.5 Å². The lowest BCUT2D eigenvalue weighted by Gasteiger charge is -2.22. The number of aromatic nitrogens is 1. The van der Waals surface area contributed by atoms with Gasteiger partial charge in [0.2, 0.25) is 0 Å². The fourth-order valence-corrected chi connectivity index (χ4v) is 2.74. The molecule has 1 aromatic carbocycles. The van der Waals surface area contributed by atoms with Crippen LogP contribution in [0.5, 0.6) is 5.75 Å². The third kappa shape index (κ3) is 4.83. The highest BCUT2D eigenvalue weighted by molar-refractivity contribution is 7.11. The van der Waals surface area contributed by atoms with Crippen molar-refractivity contribution >= 4 is 11.3 Å². The van der Waals surface area contributed by atoms with Crippen molar-refractivity contribution in [3.8, 4) is 5.75 Å². The number of ether oxygens (including phenoxy) is 1. The minimum Gasteiger partial charge on any atom is -0.487 e. The second-order valence-electron chi connectivity index (χ2n) is 6.30. The first-order chi connectivity index (χ1) is 9.85. The predicted octanol–water partition coefficient (Wildman–Crippen LogP) is 4.23. The molecule has 0 radical (unpaired) electrons. The SMILES string of the molecule is Cc1ncc(COc2c(C)cccc2CNC(C)(C)C)s1. The van der Waals surface area contributed by atoms with Crippen LogP contribution in [0.4, 0.5) is 0 Å². The Bertz CT molecular complexity index is 599. The number of hydrogen-bond acceptors (Lipinski definition) is 4. The molecule has 0 atom stereocenters. The number of benzene rings is 1. The second-order valence-corrected chi connectivity index (χ2v) is 7.62. The topological polar surface area (TPSA) is 34.1 Å². The molecule has 0 amide bonds. The van der Waals surface area contributed by atoms with Crippen molar-refractivity contribution in [1.82, 2.24) is 10.3 Å². The summed E-state index contributed by atoms with van der Waals surface area (Å²) in [4.78, 5) is 5.43. The number of hydrogen-bond donors (Lipinski definition) is 1. The molecule has 0 fully saturated rings. The Morgan fingerprint density at radius 1 is 1.24 bits per heavy atom. The monoisotopic (exact) mass is 304 g/mol. The van der Waals surface area contributed by atoms with Crippen LogP contribution in [0.25, 0.3) is 0 Å². The van der Waals surface area contributed by atoms with Crippen LogP contribution in [0.3, 0.4) is 0 Å². The predicted molar refractivity (Wildman–Crippen MR) is 89.0 cm³/mol. The van der Waals surface area contributed by atoms with Gasteiger partial charge >= 0.3 is 0 Å². The smallest absolute Gasteiger partial charge is 0.127 e. The van der Waals surface area contributed by atoms with E-state index < -0.39 is 0 Å². The number of nitrogens with zero attached hydrogens (tertiary/aromatic N) is 1. The molecular weight excluding hydrogens is 280 g/mol. The molecule has 1 aromatic heterocycles. The Labute approximate surface area is 131 Å². The van der Waals surface area contributed by atoms with Gasteiger partial charge in [0.15, 0.2) is 0 Å². The van der Waals surface area contributed by atoms with E-state index in [1.807, 2.05) is 13.1 Å². The summed E-state index contributed by atoms with van der Waals surface area (Å²) in [5.41, 5.74) is 2.46. The molecule has 0 unspecified atom stereocenters. The molecule has 4 heteroatoms. The van der Waals surface area contributed by atoms with Gasteiger partial charge in [-0.2, -0.15) is 0 Å². The highest BCUT2D eigenvalue weighted by atomic mass is 32.1. The fourth-order valence-electron chi connectivity index (χ4n) is 2.03. The molecule has 1 N–H and O–H groups in total. The Kier molecular flexibility index (Phi) is 5.01. The van der Waals surface area contributed by atoms with Gasteiger partial charge < -0.3 is 10.1 Å². The summed E-state index contributed by atoms with van der Waals surface area (Å²) in [6.45, 7) is 12.0. The summed E-state index contributed by atoms with van der Waals surface area (Å²) in [6.07, 6.45) is 1.89. The van der Waals surface area contributed by atoms with Crippen molar-refractivity contribution in [2.45, 2.75) is 53.3 Å². The molecule has 114 valence electrons. The molecule has 0 aliphatic rings. The van der Waals surface area contributed by atoms with Crippen molar-refractivity contribution in [3.05, 3.63) is 45.4 Å². The van der Waals surface area contributed by atoms with Crippen molar-refractivity contribution in [3.63, 3.8) is 0 Å². The number of rotatable bonds is 5. The molecule has 0 saturated carbocycles. The lowest BCUT2D eigenvalue weighted by Crippen LogP contribution is -2.35. The lowest BCUT2D eigenvalue weighted by molar-refractivity contribution is 0.301. The van der Waals surface area contributed by atoms with E-state index in [0.717, 1.165) is 22.2 Å². The molecule has 0 spiro atoms. The van der Waals surface area contributed by atoms with Crippen LogP contribution >= 0.6 is 11.3 Å². The van der Waals surface area contributed by atoms with Gasteiger partial charge in [-0.05, 0) is 40.2 Å². The van der Waals surface area contributed by atoms with Crippen LogP contribution in [0, 0.1) is 13.8 Å². The second kappa shape index (κ2) is 6.58. The quantitative estimate of drug-likeness (QED) is 0.897. The molecule has 0 aliphatic carbocycles. The van der Waals surface area contributed by atoms with Crippen molar-refractivity contribution in [1.29, 1.82) is 0 Å². The highest BCUT2D eigenvalue weighted by Gasteiger charge is 2.12. The summed E-state index contributed by atoms with van der Waals surface area (Å²) < 4.78 is 6.06. The summed E-state index contributed by atoms with van der Waals surface area (Å²) in [5.74, 6) is 0.986. The van der Waals surface area contributed by atoms with Crippen LogP contribution < -0.4 is 10.1 Å². The van der Waals surface area contributed by atoms with Crippen molar-refractivity contribution in [2.24, 2.45) is 0 Å². The molecule has 2 aromatic rings. The summed E-state index contributed by atoms with van der Waals surface area (Å²) in [7, 11) is 0. The zero-order valence-electron chi connectivity index (χ0n) is 13.5. The van der Waals surface area contributed by atoms with Crippen LogP contribution in [0.15, 0.2) is 24.4 Å². The minimum absolute atomic E-state index is 0.0931. The van der Waals surface area contributed by atoms with Gasteiger partial charge in [-0.3, -0.25) is 0 Å². The van der Waals surface area contributed by atoms with Gasteiger partial charge in [-0.15, -0.1) is 11.3 Å². The van der Waals surface area contributed by atoms with E-state index >= 15 is 0 Å². The Balaban J connectivity index is 2.10. The van der Waals surface area contributed by atoms with Crippen LogP contribution in [0.1, 0.15) is 41.8 Å². The molecule has 3 nitrogen and oxygen atoms in total. The van der Waals surface area contributed by atoms with E-state index in [-0.39, 0.29) is 5.54 Å². The average molecular weight is 304 g/mol. The third-order valence-corrected chi connectivity index (χ3v) is 4.02. The maximum absolute atomic E-state index is 6.06. The zero-order valence-corrected chi connectivity index (χ0v) is 14.3. The number of nitrogens with one attached hydrogen (secondary N) is 1. The summed E-state index contributed by atoms with van der Waals surface area (Å²) >= 11 is 1.68. The molecule has 0 bridgehead atoms. The Morgan fingerprint density at radius 3 is 2.62 bits per heavy atom. The van der Waals surface area contributed by atoms with Crippen molar-refractivity contribution < 1.29 is 4.74 Å². The van der Waals surface area contributed by atoms with E-state index in [4.69, 9.17) is 4.74 Å². The molecule has 0 saturated heterocycles. The first-order valence-electron chi connectivity index (χ1n) is 7.23. The molecule has 2 rings (SSSR count). The maximum atomic E-state index is 6.06. The van der Waals surface area contributed by atoms with Gasteiger partial charge in [-0.1, -0.05) is 18.2 Å². The first kappa shape index (κ1) is 16.0. The Morgan fingerprint density at radius 2 is 2.00 bits per heavy atom. The Hall–Kier alpha value is -1.39. The fraction of sp³-hybridized carbons (Fsp3) is 0.471. The standard InChI is InChI=1S/C17H24N2OS/c1-12-7-6-8-14(9-19-17(3,4)5)16(12)20-11-15-10-18-13(2)21-15/h6-8,10,19H,9,11H2,1-5H3. The normalized spacial score (nSPS) is 11.7. The summed E-state index contributed by atoms with van der Waals surface area (Å²) in [5, 5.41) is 4.60. The maximum Gasteiger partial charge on any atom is 0.127 e. The van der Waals surface area contributed by atoms with E-state index in [2.05, 4.69) is 56.2 Å². The van der Waals surface area contributed by atoms with E-state index in [0.29, 0.717) is 6.61 Å². The lowest BCUT2D eigenvalue weighted by atomic mass is 10.1. The van der Waals surface area contributed by atoms with E-state index in [9.17, 15) is 0 Å². The molecular formula is C17H24N2OS. The third-order valence-electron chi connectivity index (χ3n) is 3.13. The van der Waals surface area contributed by atoms with Crippen LogP contribution in [0.2, 0.25) is 0 Å².